The summed E-state index contributed by atoms with van der Waals surface area (Å²) < 4.78 is 0. The molecular formula is C9H19N3. The first-order chi connectivity index (χ1) is 5.83. The highest BCUT2D eigenvalue weighted by molar-refractivity contribution is 4.99. The molecule has 0 amide bonds. The zero-order chi connectivity index (χ0) is 8.81. The predicted octanol–water partition coefficient (Wildman–Crippen LogP) is 0.743. The minimum Gasteiger partial charge on any atom is -0.317 e. The van der Waals surface area contributed by atoms with Crippen molar-refractivity contribution in [2.24, 2.45) is 11.7 Å². The number of hydrazine groups is 1. The fourth-order valence-corrected chi connectivity index (χ4v) is 1.72. The summed E-state index contributed by atoms with van der Waals surface area (Å²) in [6, 6.07) is 0. The molecule has 1 saturated carbocycles. The molecule has 0 heterocycles. The summed E-state index contributed by atoms with van der Waals surface area (Å²) in [7, 11) is 0. The highest BCUT2D eigenvalue weighted by atomic mass is 15.4. The van der Waals surface area contributed by atoms with Crippen molar-refractivity contribution in [1.82, 2.24) is 10.9 Å². The van der Waals surface area contributed by atoms with Gasteiger partial charge in [0.2, 0.25) is 0 Å². The third-order valence-electron chi connectivity index (χ3n) is 2.34. The second kappa shape index (κ2) is 5.30. The number of rotatable bonds is 4. The van der Waals surface area contributed by atoms with E-state index in [4.69, 9.17) is 5.73 Å². The Morgan fingerprint density at radius 3 is 3.00 bits per heavy atom. The lowest BCUT2D eigenvalue weighted by molar-refractivity contribution is 0.370. The van der Waals surface area contributed by atoms with E-state index in [1.165, 1.54) is 31.3 Å². The number of hydrogen-bond donors (Lipinski definition) is 3. The zero-order valence-corrected chi connectivity index (χ0v) is 7.60. The molecule has 0 aliphatic heterocycles. The van der Waals surface area contributed by atoms with Gasteiger partial charge >= 0.3 is 0 Å². The van der Waals surface area contributed by atoms with Crippen molar-refractivity contribution in [1.29, 1.82) is 0 Å². The average molecular weight is 169 g/mol. The van der Waals surface area contributed by atoms with Gasteiger partial charge < -0.3 is 5.73 Å². The fourth-order valence-electron chi connectivity index (χ4n) is 1.72. The maximum absolute atomic E-state index is 5.28. The second-order valence-corrected chi connectivity index (χ2v) is 3.47. The van der Waals surface area contributed by atoms with Gasteiger partial charge in [-0.25, -0.2) is 5.43 Å². The molecule has 0 radical (unpaired) electrons. The molecule has 0 bridgehead atoms. The van der Waals surface area contributed by atoms with Crippen LogP contribution in [-0.2, 0) is 0 Å². The Morgan fingerprint density at radius 2 is 2.33 bits per heavy atom. The minimum absolute atomic E-state index is 0.494. The molecule has 0 spiro atoms. The minimum atomic E-state index is 0.494. The lowest BCUT2D eigenvalue weighted by atomic mass is 9.86. The maximum atomic E-state index is 5.28. The predicted molar refractivity (Wildman–Crippen MR) is 51.3 cm³/mol. The highest BCUT2D eigenvalue weighted by Gasteiger charge is 2.14. The number of nitrogens with two attached hydrogens (primary N) is 1. The van der Waals surface area contributed by atoms with Crippen LogP contribution in [-0.4, -0.2) is 13.2 Å². The molecule has 1 unspecified atom stereocenters. The monoisotopic (exact) mass is 169 g/mol. The first-order valence-corrected chi connectivity index (χ1v) is 4.65. The van der Waals surface area contributed by atoms with E-state index >= 15 is 0 Å². The van der Waals surface area contributed by atoms with Gasteiger partial charge in [-0.15, -0.1) is 0 Å². The van der Waals surface area contributed by atoms with Crippen molar-refractivity contribution in [3.63, 3.8) is 0 Å². The van der Waals surface area contributed by atoms with Crippen LogP contribution in [0.1, 0.15) is 25.7 Å². The Bertz CT molecular complexity index is 145. The van der Waals surface area contributed by atoms with Gasteiger partial charge in [-0.2, -0.15) is 0 Å². The van der Waals surface area contributed by atoms with Crippen molar-refractivity contribution in [3.8, 4) is 0 Å². The van der Waals surface area contributed by atoms with Crippen LogP contribution in [0.2, 0.25) is 0 Å². The van der Waals surface area contributed by atoms with Crippen molar-refractivity contribution in [2.75, 3.05) is 13.2 Å². The summed E-state index contributed by atoms with van der Waals surface area (Å²) in [6.07, 6.45) is 5.02. The van der Waals surface area contributed by atoms with E-state index in [2.05, 4.69) is 17.4 Å². The molecule has 4 N–H and O–H groups in total. The summed E-state index contributed by atoms with van der Waals surface area (Å²) in [5, 5.41) is 0. The fraction of sp³-hybridized carbons (Fsp3) is 0.778. The third-order valence-corrected chi connectivity index (χ3v) is 2.34. The molecule has 0 saturated heterocycles. The van der Waals surface area contributed by atoms with Crippen LogP contribution >= 0.6 is 0 Å². The second-order valence-electron chi connectivity index (χ2n) is 3.47. The smallest absolute Gasteiger partial charge is 0.0564 e. The summed E-state index contributed by atoms with van der Waals surface area (Å²) in [5.41, 5.74) is 12.7. The molecule has 1 aliphatic rings. The first kappa shape index (κ1) is 9.71. The Labute approximate surface area is 74.4 Å². The van der Waals surface area contributed by atoms with Crippen LogP contribution in [0.4, 0.5) is 0 Å². The Kier molecular flexibility index (Phi) is 4.29. The molecule has 3 nitrogen and oxygen atoms in total. The summed E-state index contributed by atoms with van der Waals surface area (Å²) in [5.74, 6) is 0.755. The molecule has 1 fully saturated rings. The van der Waals surface area contributed by atoms with Crippen molar-refractivity contribution in [3.05, 3.63) is 12.2 Å². The summed E-state index contributed by atoms with van der Waals surface area (Å²) >= 11 is 0. The van der Waals surface area contributed by atoms with E-state index in [1.54, 1.807) is 0 Å². The lowest BCUT2D eigenvalue weighted by Gasteiger charge is -2.23. The molecule has 1 aliphatic carbocycles. The summed E-state index contributed by atoms with van der Waals surface area (Å²) in [4.78, 5) is 0. The van der Waals surface area contributed by atoms with Gasteiger partial charge in [-0.3, -0.25) is 5.43 Å². The van der Waals surface area contributed by atoms with Gasteiger partial charge in [0.1, 0.15) is 0 Å². The number of nitrogens with one attached hydrogen (secondary N) is 2. The number of hydrogen-bond acceptors (Lipinski definition) is 3. The van der Waals surface area contributed by atoms with E-state index in [-0.39, 0.29) is 0 Å². The maximum Gasteiger partial charge on any atom is 0.0564 e. The van der Waals surface area contributed by atoms with Gasteiger partial charge in [-0.05, 0) is 31.6 Å². The average Bonchev–Trinajstić information content (AvgIpc) is 2.05. The van der Waals surface area contributed by atoms with Crippen LogP contribution in [0.15, 0.2) is 12.2 Å². The SMILES string of the molecule is C=C1CCCC(CNNCN)C1. The van der Waals surface area contributed by atoms with Gasteiger partial charge in [0.15, 0.2) is 0 Å². The Balaban J connectivity index is 2.10. The lowest BCUT2D eigenvalue weighted by Crippen LogP contribution is -2.39. The normalized spacial score (nSPS) is 24.4. The Hall–Kier alpha value is -0.380. The van der Waals surface area contributed by atoms with E-state index in [0.29, 0.717) is 6.67 Å². The number of allylic oxidation sites excluding steroid dienone is 1. The van der Waals surface area contributed by atoms with Gasteiger partial charge in [-0.1, -0.05) is 12.2 Å². The molecule has 0 aromatic carbocycles. The molecule has 70 valence electrons. The van der Waals surface area contributed by atoms with E-state index in [9.17, 15) is 0 Å². The van der Waals surface area contributed by atoms with Gasteiger partial charge in [0.25, 0.3) is 0 Å². The van der Waals surface area contributed by atoms with Gasteiger partial charge in [0.05, 0.1) is 6.67 Å². The van der Waals surface area contributed by atoms with E-state index < -0.39 is 0 Å². The standard InChI is InChI=1S/C9H19N3/c1-8-3-2-4-9(5-8)6-11-12-7-10/h9,11-12H,1-7,10H2. The molecule has 12 heavy (non-hydrogen) atoms. The van der Waals surface area contributed by atoms with E-state index in [0.717, 1.165) is 12.5 Å². The van der Waals surface area contributed by atoms with Crippen molar-refractivity contribution in [2.45, 2.75) is 25.7 Å². The van der Waals surface area contributed by atoms with E-state index in [1.807, 2.05) is 0 Å². The molecule has 1 rings (SSSR count). The van der Waals surface area contributed by atoms with Crippen LogP contribution in [0.25, 0.3) is 0 Å². The van der Waals surface area contributed by atoms with Crippen LogP contribution < -0.4 is 16.6 Å². The van der Waals surface area contributed by atoms with Gasteiger partial charge in [0, 0.05) is 6.54 Å². The summed E-state index contributed by atoms with van der Waals surface area (Å²) in [6.45, 7) is 5.52. The zero-order valence-electron chi connectivity index (χ0n) is 7.60. The quantitative estimate of drug-likeness (QED) is 0.252. The molecular weight excluding hydrogens is 150 g/mol. The molecule has 0 aromatic rings. The molecule has 3 heteroatoms. The topological polar surface area (TPSA) is 50.1 Å². The van der Waals surface area contributed by atoms with Crippen molar-refractivity contribution < 1.29 is 0 Å². The van der Waals surface area contributed by atoms with Crippen LogP contribution in [0.3, 0.4) is 0 Å². The highest BCUT2D eigenvalue weighted by Crippen LogP contribution is 2.26. The molecule has 0 aromatic heterocycles. The van der Waals surface area contributed by atoms with Crippen molar-refractivity contribution >= 4 is 0 Å². The van der Waals surface area contributed by atoms with Crippen LogP contribution in [0, 0.1) is 5.92 Å². The molecule has 1 atom stereocenters. The largest absolute Gasteiger partial charge is 0.317 e. The first-order valence-electron chi connectivity index (χ1n) is 4.65. The Morgan fingerprint density at radius 1 is 1.50 bits per heavy atom. The third kappa shape index (κ3) is 3.34. The van der Waals surface area contributed by atoms with Crippen LogP contribution in [0.5, 0.6) is 0 Å².